The van der Waals surface area contributed by atoms with E-state index in [1.807, 2.05) is 0 Å². The van der Waals surface area contributed by atoms with Crippen molar-refractivity contribution in [1.29, 1.82) is 0 Å². The predicted molar refractivity (Wildman–Crippen MR) is 61.9 cm³/mol. The van der Waals surface area contributed by atoms with E-state index in [-0.39, 0.29) is 17.3 Å². The van der Waals surface area contributed by atoms with E-state index in [0.717, 1.165) is 6.42 Å². The normalized spacial score (nSPS) is 28.3. The van der Waals surface area contributed by atoms with Crippen molar-refractivity contribution in [3.8, 4) is 5.75 Å². The molecule has 1 aliphatic rings. The molecule has 0 bridgehead atoms. The number of para-hydroxylation sites is 1. The molecule has 0 radical (unpaired) electrons. The zero-order valence-corrected chi connectivity index (χ0v) is 10.4. The summed E-state index contributed by atoms with van der Waals surface area (Å²) in [6.45, 7) is 4.25. The Balaban J connectivity index is 2.08. The van der Waals surface area contributed by atoms with Crippen molar-refractivity contribution in [3.63, 3.8) is 0 Å². The van der Waals surface area contributed by atoms with E-state index < -0.39 is 0 Å². The first kappa shape index (κ1) is 10.9. The lowest BCUT2D eigenvalue weighted by molar-refractivity contribution is -0.0102. The lowest BCUT2D eigenvalue weighted by Gasteiger charge is -2.48. The molecule has 1 aliphatic carbocycles. The molecule has 2 rings (SSSR count). The lowest BCUT2D eigenvalue weighted by atomic mass is 9.69. The van der Waals surface area contributed by atoms with Gasteiger partial charge in [0.15, 0.2) is 11.6 Å². The van der Waals surface area contributed by atoms with Gasteiger partial charge in [-0.1, -0.05) is 41.9 Å². The summed E-state index contributed by atoms with van der Waals surface area (Å²) in [6, 6.07) is 6.55. The molecule has 0 aromatic heterocycles. The first-order chi connectivity index (χ1) is 7.01. The van der Waals surface area contributed by atoms with Crippen LogP contribution in [0.4, 0.5) is 4.39 Å². The SMILES string of the molecule is CC1(C)C(Br)CC1Oc1ccccc1F. The summed E-state index contributed by atoms with van der Waals surface area (Å²) in [5.74, 6) is 0.0706. The van der Waals surface area contributed by atoms with Crippen LogP contribution < -0.4 is 4.74 Å². The second kappa shape index (κ2) is 3.78. The summed E-state index contributed by atoms with van der Waals surface area (Å²) in [4.78, 5) is 0.460. The molecular weight excluding hydrogens is 259 g/mol. The van der Waals surface area contributed by atoms with Crippen LogP contribution in [0.3, 0.4) is 0 Å². The molecule has 1 saturated carbocycles. The van der Waals surface area contributed by atoms with Crippen LogP contribution in [0.15, 0.2) is 24.3 Å². The number of hydrogen-bond acceptors (Lipinski definition) is 1. The van der Waals surface area contributed by atoms with Gasteiger partial charge in [0.2, 0.25) is 0 Å². The van der Waals surface area contributed by atoms with Gasteiger partial charge in [0, 0.05) is 10.2 Å². The highest BCUT2D eigenvalue weighted by Crippen LogP contribution is 2.47. The quantitative estimate of drug-likeness (QED) is 0.745. The maximum absolute atomic E-state index is 13.3. The second-order valence-corrected chi connectivity index (χ2v) is 5.67. The summed E-state index contributed by atoms with van der Waals surface area (Å²) >= 11 is 3.58. The highest BCUT2D eigenvalue weighted by molar-refractivity contribution is 9.09. The number of benzene rings is 1. The maximum Gasteiger partial charge on any atom is 0.165 e. The molecule has 0 N–H and O–H groups in total. The van der Waals surface area contributed by atoms with E-state index >= 15 is 0 Å². The molecule has 0 saturated heterocycles. The van der Waals surface area contributed by atoms with Gasteiger partial charge >= 0.3 is 0 Å². The monoisotopic (exact) mass is 272 g/mol. The Morgan fingerprint density at radius 1 is 1.40 bits per heavy atom. The summed E-state index contributed by atoms with van der Waals surface area (Å²) in [5, 5.41) is 0. The lowest BCUT2D eigenvalue weighted by Crippen LogP contribution is -2.53. The molecule has 1 aromatic rings. The summed E-state index contributed by atoms with van der Waals surface area (Å²) in [5.41, 5.74) is 0.0717. The van der Waals surface area contributed by atoms with E-state index in [9.17, 15) is 4.39 Å². The van der Waals surface area contributed by atoms with E-state index in [1.165, 1.54) is 6.07 Å². The van der Waals surface area contributed by atoms with Gasteiger partial charge in [-0.2, -0.15) is 0 Å². The molecular formula is C12H14BrFO. The van der Waals surface area contributed by atoms with Crippen molar-refractivity contribution in [2.24, 2.45) is 5.41 Å². The van der Waals surface area contributed by atoms with Gasteiger partial charge in [-0.3, -0.25) is 0 Å². The Bertz CT molecular complexity index is 364. The van der Waals surface area contributed by atoms with Gasteiger partial charge < -0.3 is 4.74 Å². The van der Waals surface area contributed by atoms with Crippen LogP contribution in [-0.2, 0) is 0 Å². The van der Waals surface area contributed by atoms with Crippen LogP contribution in [0.2, 0.25) is 0 Å². The van der Waals surface area contributed by atoms with Gasteiger partial charge in [0.25, 0.3) is 0 Å². The van der Waals surface area contributed by atoms with Crippen LogP contribution in [0.25, 0.3) is 0 Å². The fourth-order valence-electron chi connectivity index (χ4n) is 1.73. The average molecular weight is 273 g/mol. The molecule has 0 aliphatic heterocycles. The standard InChI is InChI=1S/C12H14BrFO/c1-12(2)10(13)7-11(12)15-9-6-4-3-5-8(9)14/h3-6,10-11H,7H2,1-2H3. The molecule has 1 nitrogen and oxygen atoms in total. The molecule has 0 spiro atoms. The topological polar surface area (TPSA) is 9.23 Å². The third-order valence-electron chi connectivity index (χ3n) is 3.16. The van der Waals surface area contributed by atoms with Crippen molar-refractivity contribution >= 4 is 15.9 Å². The number of ether oxygens (including phenoxy) is 1. The van der Waals surface area contributed by atoms with Crippen molar-refractivity contribution in [1.82, 2.24) is 0 Å². The van der Waals surface area contributed by atoms with Crippen LogP contribution in [0, 0.1) is 11.2 Å². The Morgan fingerprint density at radius 3 is 2.60 bits per heavy atom. The molecule has 1 aromatic carbocycles. The first-order valence-electron chi connectivity index (χ1n) is 5.07. The van der Waals surface area contributed by atoms with E-state index in [2.05, 4.69) is 29.8 Å². The molecule has 1 fully saturated rings. The van der Waals surface area contributed by atoms with Gasteiger partial charge in [0.1, 0.15) is 6.10 Å². The number of rotatable bonds is 2. The third-order valence-corrected chi connectivity index (χ3v) is 4.72. The maximum atomic E-state index is 13.3. The Kier molecular flexibility index (Phi) is 2.75. The van der Waals surface area contributed by atoms with Crippen LogP contribution >= 0.6 is 15.9 Å². The third kappa shape index (κ3) is 1.89. The fraction of sp³-hybridized carbons (Fsp3) is 0.500. The summed E-state index contributed by atoms with van der Waals surface area (Å²) in [7, 11) is 0. The van der Waals surface area contributed by atoms with Gasteiger partial charge in [-0.05, 0) is 18.6 Å². The molecule has 3 heteroatoms. The summed E-state index contributed by atoms with van der Waals surface area (Å²) < 4.78 is 19.0. The minimum Gasteiger partial charge on any atom is -0.487 e. The van der Waals surface area contributed by atoms with Crippen molar-refractivity contribution in [2.75, 3.05) is 0 Å². The molecule has 82 valence electrons. The molecule has 0 amide bonds. The second-order valence-electron chi connectivity index (χ2n) is 4.56. The summed E-state index contributed by atoms with van der Waals surface area (Å²) in [6.07, 6.45) is 1.03. The minimum absolute atomic E-state index is 0.0717. The van der Waals surface area contributed by atoms with Gasteiger partial charge in [-0.25, -0.2) is 4.39 Å². The van der Waals surface area contributed by atoms with E-state index in [0.29, 0.717) is 10.6 Å². The highest BCUT2D eigenvalue weighted by atomic mass is 79.9. The first-order valence-corrected chi connectivity index (χ1v) is 5.98. The van der Waals surface area contributed by atoms with Crippen molar-refractivity contribution in [2.45, 2.75) is 31.2 Å². The molecule has 0 heterocycles. The highest BCUT2D eigenvalue weighted by Gasteiger charge is 2.48. The minimum atomic E-state index is -0.286. The fourth-order valence-corrected chi connectivity index (χ4v) is 2.36. The van der Waals surface area contributed by atoms with E-state index in [1.54, 1.807) is 18.2 Å². The zero-order chi connectivity index (χ0) is 11.1. The van der Waals surface area contributed by atoms with Crippen LogP contribution in [0.5, 0.6) is 5.75 Å². The van der Waals surface area contributed by atoms with Crippen molar-refractivity contribution in [3.05, 3.63) is 30.1 Å². The van der Waals surface area contributed by atoms with E-state index in [4.69, 9.17) is 4.74 Å². The Labute approximate surface area is 97.8 Å². The van der Waals surface area contributed by atoms with Gasteiger partial charge in [0.05, 0.1) is 0 Å². The van der Waals surface area contributed by atoms with Crippen LogP contribution in [0.1, 0.15) is 20.3 Å². The largest absolute Gasteiger partial charge is 0.487 e. The number of hydrogen-bond donors (Lipinski definition) is 0. The average Bonchev–Trinajstić information content (AvgIpc) is 2.20. The Morgan fingerprint density at radius 2 is 2.07 bits per heavy atom. The molecule has 15 heavy (non-hydrogen) atoms. The van der Waals surface area contributed by atoms with Crippen LogP contribution in [-0.4, -0.2) is 10.9 Å². The Hall–Kier alpha value is -0.570. The number of halogens is 2. The molecule has 2 unspecified atom stereocenters. The predicted octanol–water partition coefficient (Wildman–Crippen LogP) is 3.77. The smallest absolute Gasteiger partial charge is 0.165 e. The van der Waals surface area contributed by atoms with Crippen molar-refractivity contribution < 1.29 is 9.13 Å². The van der Waals surface area contributed by atoms with Gasteiger partial charge in [-0.15, -0.1) is 0 Å². The molecule has 2 atom stereocenters. The zero-order valence-electron chi connectivity index (χ0n) is 8.84. The number of alkyl halides is 1.